The average molecular weight is 434 g/mol. The van der Waals surface area contributed by atoms with Crippen molar-refractivity contribution in [2.45, 2.75) is 12.8 Å². The lowest BCUT2D eigenvalue weighted by atomic mass is 10.1. The summed E-state index contributed by atoms with van der Waals surface area (Å²) in [6, 6.07) is 11.4. The number of amides is 3. The highest BCUT2D eigenvalue weighted by Crippen LogP contribution is 2.27. The van der Waals surface area contributed by atoms with Crippen molar-refractivity contribution in [3.05, 3.63) is 77.4 Å². The van der Waals surface area contributed by atoms with Crippen LogP contribution in [0.2, 0.25) is 0 Å². The molecular formula is C23H19FN4O4. The Morgan fingerprint density at radius 2 is 1.81 bits per heavy atom. The van der Waals surface area contributed by atoms with Crippen molar-refractivity contribution in [1.29, 1.82) is 0 Å². The summed E-state index contributed by atoms with van der Waals surface area (Å²) in [6.45, 7) is 0. The molecule has 0 bridgehead atoms. The molecule has 1 aliphatic rings. The Kier molecular flexibility index (Phi) is 5.80. The molecular weight excluding hydrogens is 415 g/mol. The molecule has 0 fully saturated rings. The first kappa shape index (κ1) is 21.0. The SMILES string of the molecule is CNC(=O)c1cc(Oc2ccc(NC(=O)Nc3ccc4c(c3)CCC4=O)c(F)c2)ccn1. The van der Waals surface area contributed by atoms with E-state index in [0.29, 0.717) is 29.8 Å². The molecule has 0 saturated heterocycles. The number of nitrogens with zero attached hydrogens (tertiary/aromatic N) is 1. The number of ether oxygens (including phenoxy) is 1. The maximum absolute atomic E-state index is 14.5. The van der Waals surface area contributed by atoms with Gasteiger partial charge in [0.15, 0.2) is 5.78 Å². The summed E-state index contributed by atoms with van der Waals surface area (Å²) in [5.74, 6) is -0.478. The molecule has 1 heterocycles. The van der Waals surface area contributed by atoms with E-state index in [1.54, 1.807) is 18.2 Å². The minimum atomic E-state index is -0.696. The van der Waals surface area contributed by atoms with Crippen LogP contribution in [0.4, 0.5) is 20.6 Å². The highest BCUT2D eigenvalue weighted by Gasteiger charge is 2.19. The standard InChI is InChI=1S/C23H19FN4O4/c1-25-22(30)20-12-16(8-9-26-20)32-15-4-6-19(18(24)11-15)28-23(31)27-14-3-5-17-13(10-14)2-7-21(17)29/h3-6,8-12H,2,7H2,1H3,(H,25,30)(H2,27,28,31). The van der Waals surface area contributed by atoms with Gasteiger partial charge in [0.2, 0.25) is 0 Å². The molecule has 8 nitrogen and oxygen atoms in total. The molecule has 0 aliphatic heterocycles. The van der Waals surface area contributed by atoms with E-state index in [2.05, 4.69) is 20.9 Å². The van der Waals surface area contributed by atoms with Crippen LogP contribution in [0, 0.1) is 5.82 Å². The fourth-order valence-electron chi connectivity index (χ4n) is 3.34. The molecule has 0 radical (unpaired) electrons. The summed E-state index contributed by atoms with van der Waals surface area (Å²) in [6.07, 6.45) is 2.52. The predicted octanol–water partition coefficient (Wildman–Crippen LogP) is 4.15. The summed E-state index contributed by atoms with van der Waals surface area (Å²) in [7, 11) is 1.49. The number of nitrogens with one attached hydrogen (secondary N) is 3. The second-order valence-corrected chi connectivity index (χ2v) is 7.07. The van der Waals surface area contributed by atoms with Gasteiger partial charge in [0.25, 0.3) is 5.91 Å². The zero-order chi connectivity index (χ0) is 22.7. The van der Waals surface area contributed by atoms with E-state index in [1.165, 1.54) is 37.5 Å². The number of rotatable bonds is 5. The highest BCUT2D eigenvalue weighted by atomic mass is 19.1. The van der Waals surface area contributed by atoms with Gasteiger partial charge in [-0.05, 0) is 48.4 Å². The molecule has 3 N–H and O–H groups in total. The van der Waals surface area contributed by atoms with Crippen molar-refractivity contribution in [1.82, 2.24) is 10.3 Å². The third kappa shape index (κ3) is 4.56. The second kappa shape index (κ2) is 8.84. The Hall–Kier alpha value is -4.27. The summed E-state index contributed by atoms with van der Waals surface area (Å²) >= 11 is 0. The minimum Gasteiger partial charge on any atom is -0.457 e. The minimum absolute atomic E-state index is 0.0352. The van der Waals surface area contributed by atoms with Crippen LogP contribution in [-0.4, -0.2) is 29.8 Å². The lowest BCUT2D eigenvalue weighted by molar-refractivity contribution is 0.0956. The zero-order valence-corrected chi connectivity index (χ0v) is 17.1. The molecule has 0 unspecified atom stereocenters. The molecule has 2 aromatic carbocycles. The number of carbonyl (C=O) groups is 3. The summed E-state index contributed by atoms with van der Waals surface area (Å²) in [5.41, 5.74) is 2.20. The van der Waals surface area contributed by atoms with Crippen LogP contribution in [0.1, 0.15) is 32.8 Å². The van der Waals surface area contributed by atoms with Gasteiger partial charge in [-0.25, -0.2) is 9.18 Å². The zero-order valence-electron chi connectivity index (χ0n) is 17.1. The number of carbonyl (C=O) groups excluding carboxylic acids is 3. The number of fused-ring (bicyclic) bond motifs is 1. The molecule has 1 aliphatic carbocycles. The number of aromatic nitrogens is 1. The van der Waals surface area contributed by atoms with E-state index in [9.17, 15) is 18.8 Å². The Balaban J connectivity index is 1.41. The number of benzene rings is 2. The number of Topliss-reactive ketones (excluding diaryl/α,β-unsaturated/α-hetero) is 1. The topological polar surface area (TPSA) is 109 Å². The summed E-state index contributed by atoms with van der Waals surface area (Å²) in [4.78, 5) is 39.6. The van der Waals surface area contributed by atoms with Crippen LogP contribution in [0.5, 0.6) is 11.5 Å². The molecule has 32 heavy (non-hydrogen) atoms. The fourth-order valence-corrected chi connectivity index (χ4v) is 3.34. The highest BCUT2D eigenvalue weighted by molar-refractivity contribution is 6.03. The molecule has 3 aromatic rings. The van der Waals surface area contributed by atoms with Crippen LogP contribution in [0.25, 0.3) is 0 Å². The molecule has 1 aromatic heterocycles. The van der Waals surface area contributed by atoms with Gasteiger partial charge >= 0.3 is 6.03 Å². The van der Waals surface area contributed by atoms with E-state index in [0.717, 1.165) is 11.6 Å². The molecule has 0 atom stereocenters. The largest absolute Gasteiger partial charge is 0.457 e. The van der Waals surface area contributed by atoms with Crippen molar-refractivity contribution in [3.8, 4) is 11.5 Å². The normalized spacial score (nSPS) is 12.1. The molecule has 3 amide bonds. The monoisotopic (exact) mass is 434 g/mol. The van der Waals surface area contributed by atoms with Crippen LogP contribution >= 0.6 is 0 Å². The third-order valence-corrected chi connectivity index (χ3v) is 4.90. The summed E-state index contributed by atoms with van der Waals surface area (Å²) in [5, 5.41) is 7.54. The number of hydrogen-bond acceptors (Lipinski definition) is 5. The number of pyridine rings is 1. The fraction of sp³-hybridized carbons (Fsp3) is 0.130. The number of halogens is 1. The van der Waals surface area contributed by atoms with Crippen molar-refractivity contribution in [2.24, 2.45) is 0 Å². The first-order valence-corrected chi connectivity index (χ1v) is 9.82. The lowest BCUT2D eigenvalue weighted by Gasteiger charge is -2.11. The molecule has 9 heteroatoms. The van der Waals surface area contributed by atoms with E-state index in [4.69, 9.17) is 4.74 Å². The van der Waals surface area contributed by atoms with Gasteiger partial charge in [0, 0.05) is 43.0 Å². The number of aryl methyl sites for hydroxylation is 1. The van der Waals surface area contributed by atoms with Gasteiger partial charge in [-0.2, -0.15) is 0 Å². The number of ketones is 1. The van der Waals surface area contributed by atoms with Gasteiger partial charge in [0.05, 0.1) is 5.69 Å². The first-order valence-electron chi connectivity index (χ1n) is 9.82. The Morgan fingerprint density at radius 3 is 2.59 bits per heavy atom. The van der Waals surface area contributed by atoms with Crippen LogP contribution < -0.4 is 20.7 Å². The number of anilines is 2. The molecule has 0 spiro atoms. The van der Waals surface area contributed by atoms with Crippen LogP contribution in [0.3, 0.4) is 0 Å². The van der Waals surface area contributed by atoms with E-state index < -0.39 is 11.8 Å². The summed E-state index contributed by atoms with van der Waals surface area (Å²) < 4.78 is 20.1. The van der Waals surface area contributed by atoms with Gasteiger partial charge < -0.3 is 20.7 Å². The maximum atomic E-state index is 14.5. The Morgan fingerprint density at radius 1 is 1.00 bits per heavy atom. The predicted molar refractivity (Wildman–Crippen MR) is 116 cm³/mol. The molecule has 0 saturated carbocycles. The van der Waals surface area contributed by atoms with Crippen LogP contribution in [0.15, 0.2) is 54.7 Å². The molecule has 162 valence electrons. The number of hydrogen-bond donors (Lipinski definition) is 3. The van der Waals surface area contributed by atoms with Gasteiger partial charge in [-0.3, -0.25) is 14.6 Å². The van der Waals surface area contributed by atoms with Crippen molar-refractivity contribution >= 4 is 29.1 Å². The van der Waals surface area contributed by atoms with E-state index >= 15 is 0 Å². The van der Waals surface area contributed by atoms with Crippen LogP contribution in [-0.2, 0) is 6.42 Å². The van der Waals surface area contributed by atoms with Gasteiger partial charge in [-0.1, -0.05) is 0 Å². The molecule has 4 rings (SSSR count). The average Bonchev–Trinajstić information content (AvgIpc) is 3.15. The van der Waals surface area contributed by atoms with Crippen molar-refractivity contribution in [2.75, 3.05) is 17.7 Å². The quantitative estimate of drug-likeness (QED) is 0.559. The third-order valence-electron chi connectivity index (χ3n) is 4.90. The van der Waals surface area contributed by atoms with E-state index in [-0.39, 0.29) is 28.8 Å². The lowest BCUT2D eigenvalue weighted by Crippen LogP contribution is -2.20. The Labute approximate surface area is 182 Å². The second-order valence-electron chi connectivity index (χ2n) is 7.07. The number of urea groups is 1. The maximum Gasteiger partial charge on any atom is 0.323 e. The Bertz CT molecular complexity index is 1230. The van der Waals surface area contributed by atoms with Gasteiger partial charge in [-0.15, -0.1) is 0 Å². The smallest absolute Gasteiger partial charge is 0.323 e. The van der Waals surface area contributed by atoms with Crippen molar-refractivity contribution < 1.29 is 23.5 Å². The van der Waals surface area contributed by atoms with Gasteiger partial charge in [0.1, 0.15) is 23.0 Å². The first-order chi connectivity index (χ1) is 15.4. The van der Waals surface area contributed by atoms with Crippen molar-refractivity contribution in [3.63, 3.8) is 0 Å². The van der Waals surface area contributed by atoms with E-state index in [1.807, 2.05) is 0 Å².